The third-order valence-corrected chi connectivity index (χ3v) is 2.69. The second-order valence-electron chi connectivity index (χ2n) is 3.87. The molecule has 1 aromatic heterocycles. The van der Waals surface area contributed by atoms with E-state index in [-0.39, 0.29) is 13.3 Å². The standard InChI is InChI=1S/C12H10N2O4/c15-12(16)5-14-6-13-4-9(14)8-1-2-10-11(3-8)18-7-17-10/h1-4,6H,5,7H2,(H,15,16). The number of aliphatic carboxylic acids is 1. The van der Waals surface area contributed by atoms with E-state index < -0.39 is 5.97 Å². The number of carboxylic acids is 1. The Morgan fingerprint density at radius 1 is 1.39 bits per heavy atom. The average molecular weight is 246 g/mol. The molecule has 0 spiro atoms. The van der Waals surface area contributed by atoms with Crippen molar-refractivity contribution in [3.8, 4) is 22.8 Å². The highest BCUT2D eigenvalue weighted by atomic mass is 16.7. The van der Waals surface area contributed by atoms with Crippen LogP contribution in [0.2, 0.25) is 0 Å². The van der Waals surface area contributed by atoms with Gasteiger partial charge in [-0.2, -0.15) is 0 Å². The Labute approximate surface area is 102 Å². The molecule has 0 saturated carbocycles. The number of benzene rings is 1. The molecule has 1 aromatic carbocycles. The molecule has 0 unspecified atom stereocenters. The Bertz CT molecular complexity index is 606. The van der Waals surface area contributed by atoms with Crippen LogP contribution in [0.1, 0.15) is 0 Å². The number of hydrogen-bond acceptors (Lipinski definition) is 4. The predicted octanol–water partition coefficient (Wildman–Crippen LogP) is 1.36. The summed E-state index contributed by atoms with van der Waals surface area (Å²) in [6.07, 6.45) is 3.12. The quantitative estimate of drug-likeness (QED) is 0.885. The summed E-state index contributed by atoms with van der Waals surface area (Å²) in [6.45, 7) is 0.0942. The van der Waals surface area contributed by atoms with E-state index in [4.69, 9.17) is 14.6 Å². The molecule has 92 valence electrons. The molecule has 2 aromatic rings. The molecule has 6 nitrogen and oxygen atoms in total. The topological polar surface area (TPSA) is 73.6 Å². The van der Waals surface area contributed by atoms with Gasteiger partial charge in [0.1, 0.15) is 6.54 Å². The zero-order valence-electron chi connectivity index (χ0n) is 9.37. The lowest BCUT2D eigenvalue weighted by atomic mass is 10.1. The maximum atomic E-state index is 10.7. The van der Waals surface area contributed by atoms with Crippen molar-refractivity contribution in [2.75, 3.05) is 6.79 Å². The number of fused-ring (bicyclic) bond motifs is 1. The van der Waals surface area contributed by atoms with Crippen molar-refractivity contribution in [3.05, 3.63) is 30.7 Å². The van der Waals surface area contributed by atoms with E-state index in [1.807, 2.05) is 12.1 Å². The van der Waals surface area contributed by atoms with Gasteiger partial charge in [0.05, 0.1) is 18.2 Å². The Morgan fingerprint density at radius 2 is 2.22 bits per heavy atom. The van der Waals surface area contributed by atoms with Gasteiger partial charge in [0.2, 0.25) is 6.79 Å². The molecule has 2 heterocycles. The Hall–Kier alpha value is -2.50. The fraction of sp³-hybridized carbons (Fsp3) is 0.167. The zero-order valence-corrected chi connectivity index (χ0v) is 9.37. The molecule has 0 amide bonds. The van der Waals surface area contributed by atoms with E-state index in [9.17, 15) is 4.79 Å². The molecule has 0 atom stereocenters. The molecule has 3 rings (SSSR count). The van der Waals surface area contributed by atoms with Crippen LogP contribution in [0.5, 0.6) is 11.5 Å². The molecule has 0 fully saturated rings. The summed E-state index contributed by atoms with van der Waals surface area (Å²) in [6, 6.07) is 5.47. The number of rotatable bonds is 3. The fourth-order valence-corrected chi connectivity index (χ4v) is 1.89. The second kappa shape index (κ2) is 4.06. The van der Waals surface area contributed by atoms with E-state index in [0.717, 1.165) is 11.3 Å². The van der Waals surface area contributed by atoms with Crippen LogP contribution in [0.15, 0.2) is 30.7 Å². The maximum Gasteiger partial charge on any atom is 0.323 e. The smallest absolute Gasteiger partial charge is 0.323 e. The van der Waals surface area contributed by atoms with Gasteiger partial charge in [-0.05, 0) is 18.2 Å². The van der Waals surface area contributed by atoms with Crippen molar-refractivity contribution >= 4 is 5.97 Å². The van der Waals surface area contributed by atoms with E-state index in [1.165, 1.54) is 6.33 Å². The van der Waals surface area contributed by atoms with Gasteiger partial charge in [-0.1, -0.05) is 0 Å². The lowest BCUT2D eigenvalue weighted by Gasteiger charge is -2.06. The summed E-state index contributed by atoms with van der Waals surface area (Å²) in [5, 5.41) is 8.82. The lowest BCUT2D eigenvalue weighted by molar-refractivity contribution is -0.137. The fourth-order valence-electron chi connectivity index (χ4n) is 1.89. The van der Waals surface area contributed by atoms with Crippen molar-refractivity contribution in [1.29, 1.82) is 0 Å². The first kappa shape index (κ1) is 10.6. The third-order valence-electron chi connectivity index (χ3n) is 2.69. The highest BCUT2D eigenvalue weighted by Crippen LogP contribution is 2.35. The molecule has 0 aliphatic carbocycles. The minimum absolute atomic E-state index is 0.121. The first-order valence-electron chi connectivity index (χ1n) is 5.36. The van der Waals surface area contributed by atoms with Gasteiger partial charge in [-0.3, -0.25) is 4.79 Å². The first-order chi connectivity index (χ1) is 8.74. The van der Waals surface area contributed by atoms with Gasteiger partial charge >= 0.3 is 5.97 Å². The molecule has 1 N–H and O–H groups in total. The molecule has 1 aliphatic rings. The van der Waals surface area contributed by atoms with Crippen LogP contribution in [-0.2, 0) is 11.3 Å². The molecule has 0 radical (unpaired) electrons. The van der Waals surface area contributed by atoms with Crippen molar-refractivity contribution in [3.63, 3.8) is 0 Å². The van der Waals surface area contributed by atoms with Crippen LogP contribution in [0.25, 0.3) is 11.3 Å². The highest BCUT2D eigenvalue weighted by Gasteiger charge is 2.15. The normalized spacial score (nSPS) is 12.7. The summed E-state index contributed by atoms with van der Waals surface area (Å²) in [5.74, 6) is 0.452. The van der Waals surface area contributed by atoms with E-state index in [1.54, 1.807) is 16.8 Å². The molecule has 18 heavy (non-hydrogen) atoms. The second-order valence-corrected chi connectivity index (χ2v) is 3.87. The monoisotopic (exact) mass is 246 g/mol. The van der Waals surface area contributed by atoms with Gasteiger partial charge in [0, 0.05) is 5.56 Å². The number of carbonyl (C=O) groups is 1. The molecular formula is C12H10N2O4. The van der Waals surface area contributed by atoms with Crippen LogP contribution in [0.4, 0.5) is 0 Å². The largest absolute Gasteiger partial charge is 0.480 e. The number of nitrogens with zero attached hydrogens (tertiary/aromatic N) is 2. The number of aromatic nitrogens is 2. The lowest BCUT2D eigenvalue weighted by Crippen LogP contribution is -2.08. The maximum absolute atomic E-state index is 10.7. The van der Waals surface area contributed by atoms with Gasteiger partial charge in [-0.25, -0.2) is 4.98 Å². The summed E-state index contributed by atoms with van der Waals surface area (Å²) in [5.41, 5.74) is 1.58. The minimum atomic E-state index is -0.907. The Morgan fingerprint density at radius 3 is 3.06 bits per heavy atom. The van der Waals surface area contributed by atoms with Gasteiger partial charge in [-0.15, -0.1) is 0 Å². The van der Waals surface area contributed by atoms with Gasteiger partial charge < -0.3 is 19.1 Å². The van der Waals surface area contributed by atoms with Gasteiger partial charge in [0.15, 0.2) is 11.5 Å². The van der Waals surface area contributed by atoms with Crippen LogP contribution in [0, 0.1) is 0 Å². The van der Waals surface area contributed by atoms with E-state index in [0.29, 0.717) is 11.5 Å². The van der Waals surface area contributed by atoms with E-state index in [2.05, 4.69) is 4.98 Å². The van der Waals surface area contributed by atoms with Crippen molar-refractivity contribution in [1.82, 2.24) is 9.55 Å². The minimum Gasteiger partial charge on any atom is -0.480 e. The summed E-state index contributed by atoms with van der Waals surface area (Å²) in [4.78, 5) is 14.7. The van der Waals surface area contributed by atoms with Gasteiger partial charge in [0.25, 0.3) is 0 Å². The molecule has 6 heteroatoms. The molecule has 0 bridgehead atoms. The Balaban J connectivity index is 1.99. The number of ether oxygens (including phenoxy) is 2. The van der Waals surface area contributed by atoms with Crippen molar-refractivity contribution in [2.24, 2.45) is 0 Å². The number of carboxylic acid groups (broad SMARTS) is 1. The third kappa shape index (κ3) is 1.77. The summed E-state index contributed by atoms with van der Waals surface area (Å²) >= 11 is 0. The van der Waals surface area contributed by atoms with Crippen LogP contribution < -0.4 is 9.47 Å². The van der Waals surface area contributed by atoms with Crippen molar-refractivity contribution in [2.45, 2.75) is 6.54 Å². The molecular weight excluding hydrogens is 236 g/mol. The first-order valence-corrected chi connectivity index (χ1v) is 5.36. The predicted molar refractivity (Wildman–Crippen MR) is 61.4 cm³/mol. The SMILES string of the molecule is O=C(O)Cn1cncc1-c1ccc2c(c1)OCO2. The number of imidazole rings is 1. The average Bonchev–Trinajstić information content (AvgIpc) is 2.95. The summed E-state index contributed by atoms with van der Waals surface area (Å²) in [7, 11) is 0. The summed E-state index contributed by atoms with van der Waals surface area (Å²) < 4.78 is 12.1. The van der Waals surface area contributed by atoms with Crippen LogP contribution >= 0.6 is 0 Å². The zero-order chi connectivity index (χ0) is 12.5. The molecule has 0 saturated heterocycles. The van der Waals surface area contributed by atoms with E-state index >= 15 is 0 Å². The Kier molecular flexibility index (Phi) is 2.40. The van der Waals surface area contributed by atoms with Crippen LogP contribution in [-0.4, -0.2) is 27.4 Å². The van der Waals surface area contributed by atoms with Crippen LogP contribution in [0.3, 0.4) is 0 Å². The highest BCUT2D eigenvalue weighted by molar-refractivity contribution is 5.69. The molecule has 1 aliphatic heterocycles. The van der Waals surface area contributed by atoms with Crippen molar-refractivity contribution < 1.29 is 19.4 Å². The number of hydrogen-bond donors (Lipinski definition) is 1.